The predicted octanol–water partition coefficient (Wildman–Crippen LogP) is 3.23. The van der Waals surface area contributed by atoms with Gasteiger partial charge in [0.1, 0.15) is 10.6 Å². The molecule has 3 aromatic rings. The molecule has 0 saturated heterocycles. The lowest BCUT2D eigenvalue weighted by molar-refractivity contribution is 0.0696. The van der Waals surface area contributed by atoms with Crippen LogP contribution in [0.15, 0.2) is 59.5 Å². The van der Waals surface area contributed by atoms with Gasteiger partial charge in [0, 0.05) is 11.4 Å². The standard InChI is InChI=1S/C19H18N2O5S/c1-12-8-9-13(2)21(12)16-10-14(19(22)23)11-17(27(20,24)25)18(16)26-15-6-4-3-5-7-15/h3-11H,1-2H3,(H,22,23)(H2,20,24,25). The zero-order valence-corrected chi connectivity index (χ0v) is 15.5. The van der Waals surface area contributed by atoms with Crippen LogP contribution < -0.4 is 9.88 Å². The van der Waals surface area contributed by atoms with Crippen LogP contribution >= 0.6 is 0 Å². The third-order valence-electron chi connectivity index (χ3n) is 4.06. The van der Waals surface area contributed by atoms with Crippen LogP contribution in [0.1, 0.15) is 21.7 Å². The Bertz CT molecular complexity index is 1100. The average Bonchev–Trinajstić information content (AvgIpc) is 2.93. The van der Waals surface area contributed by atoms with Crippen molar-refractivity contribution < 1.29 is 23.1 Å². The highest BCUT2D eigenvalue weighted by Gasteiger charge is 2.25. The minimum absolute atomic E-state index is 0.0314. The molecule has 0 atom stereocenters. The molecule has 27 heavy (non-hydrogen) atoms. The van der Waals surface area contributed by atoms with Gasteiger partial charge in [0.25, 0.3) is 0 Å². The number of para-hydroxylation sites is 1. The third kappa shape index (κ3) is 3.71. The van der Waals surface area contributed by atoms with Crippen LogP contribution in [0.25, 0.3) is 5.69 Å². The molecule has 0 aliphatic carbocycles. The van der Waals surface area contributed by atoms with Crippen LogP contribution in [0.2, 0.25) is 0 Å². The number of nitrogens with zero attached hydrogens (tertiary/aromatic N) is 1. The number of aromatic carboxylic acids is 1. The minimum Gasteiger partial charge on any atom is -0.478 e. The number of primary sulfonamides is 1. The summed E-state index contributed by atoms with van der Waals surface area (Å²) in [5.74, 6) is -0.903. The van der Waals surface area contributed by atoms with Crippen LogP contribution in [0.3, 0.4) is 0 Å². The molecule has 0 bridgehead atoms. The van der Waals surface area contributed by atoms with Crippen molar-refractivity contribution >= 4 is 16.0 Å². The fourth-order valence-electron chi connectivity index (χ4n) is 2.85. The molecule has 8 heteroatoms. The number of carbonyl (C=O) groups is 1. The SMILES string of the molecule is Cc1ccc(C)n1-c1cc(C(=O)O)cc(S(N)(=O)=O)c1Oc1ccccc1. The summed E-state index contributed by atoms with van der Waals surface area (Å²) in [7, 11) is -4.25. The number of ether oxygens (including phenoxy) is 1. The number of carboxylic acids is 1. The summed E-state index contributed by atoms with van der Waals surface area (Å²) in [4.78, 5) is 11.2. The number of aryl methyl sites for hydroxylation is 2. The van der Waals surface area contributed by atoms with Gasteiger partial charge in [0.05, 0.1) is 11.3 Å². The summed E-state index contributed by atoms with van der Waals surface area (Å²) < 4.78 is 32.0. The molecule has 2 aromatic carbocycles. The summed E-state index contributed by atoms with van der Waals surface area (Å²) >= 11 is 0. The van der Waals surface area contributed by atoms with Gasteiger partial charge in [-0.25, -0.2) is 18.4 Å². The van der Waals surface area contributed by atoms with Crippen molar-refractivity contribution in [2.75, 3.05) is 0 Å². The second-order valence-corrected chi connectivity index (χ2v) is 7.57. The zero-order valence-electron chi connectivity index (χ0n) is 14.7. The Morgan fingerprint density at radius 3 is 2.15 bits per heavy atom. The number of hydrogen-bond acceptors (Lipinski definition) is 4. The van der Waals surface area contributed by atoms with E-state index in [9.17, 15) is 18.3 Å². The van der Waals surface area contributed by atoms with Crippen LogP contribution in [-0.4, -0.2) is 24.1 Å². The van der Waals surface area contributed by atoms with E-state index < -0.39 is 20.9 Å². The normalized spacial score (nSPS) is 11.4. The van der Waals surface area contributed by atoms with Gasteiger partial charge in [-0.1, -0.05) is 18.2 Å². The molecule has 0 amide bonds. The number of nitrogens with two attached hydrogens (primary N) is 1. The smallest absolute Gasteiger partial charge is 0.335 e. The number of carboxylic acid groups (broad SMARTS) is 1. The molecule has 0 saturated carbocycles. The Balaban J connectivity index is 2.38. The van der Waals surface area contributed by atoms with Gasteiger partial charge in [0.2, 0.25) is 10.0 Å². The lowest BCUT2D eigenvalue weighted by atomic mass is 10.1. The minimum atomic E-state index is -4.25. The summed E-state index contributed by atoms with van der Waals surface area (Å²) in [5.41, 5.74) is 1.64. The van der Waals surface area contributed by atoms with E-state index in [0.717, 1.165) is 17.5 Å². The monoisotopic (exact) mass is 386 g/mol. The van der Waals surface area contributed by atoms with Gasteiger partial charge in [0.15, 0.2) is 5.75 Å². The van der Waals surface area contributed by atoms with Gasteiger partial charge in [-0.2, -0.15) is 0 Å². The molecule has 0 unspecified atom stereocenters. The quantitative estimate of drug-likeness (QED) is 0.699. The predicted molar refractivity (Wildman–Crippen MR) is 100 cm³/mol. The Labute approximate surface area is 156 Å². The first-order chi connectivity index (χ1) is 12.7. The maximum Gasteiger partial charge on any atom is 0.335 e. The molecular weight excluding hydrogens is 368 g/mol. The van der Waals surface area contributed by atoms with Crippen LogP contribution in [0.4, 0.5) is 0 Å². The zero-order chi connectivity index (χ0) is 19.8. The average molecular weight is 386 g/mol. The van der Waals surface area contributed by atoms with Crippen molar-refractivity contribution in [1.82, 2.24) is 4.57 Å². The molecule has 0 radical (unpaired) electrons. The van der Waals surface area contributed by atoms with Crippen LogP contribution in [-0.2, 0) is 10.0 Å². The first-order valence-electron chi connectivity index (χ1n) is 8.01. The Morgan fingerprint density at radius 2 is 1.63 bits per heavy atom. The highest BCUT2D eigenvalue weighted by atomic mass is 32.2. The highest BCUT2D eigenvalue weighted by Crippen LogP contribution is 2.37. The van der Waals surface area contributed by atoms with E-state index in [1.54, 1.807) is 34.9 Å². The summed E-state index contributed by atoms with van der Waals surface area (Å²) in [6.07, 6.45) is 0. The second kappa shape index (κ2) is 6.90. The highest BCUT2D eigenvalue weighted by molar-refractivity contribution is 7.89. The van der Waals surface area contributed by atoms with Gasteiger partial charge in [-0.3, -0.25) is 0 Å². The molecule has 1 heterocycles. The van der Waals surface area contributed by atoms with Crippen molar-refractivity contribution in [1.29, 1.82) is 0 Å². The second-order valence-electron chi connectivity index (χ2n) is 6.04. The molecule has 3 N–H and O–H groups in total. The van der Waals surface area contributed by atoms with Gasteiger partial charge >= 0.3 is 5.97 Å². The number of hydrogen-bond donors (Lipinski definition) is 2. The number of rotatable bonds is 5. The van der Waals surface area contributed by atoms with Gasteiger partial charge in [-0.15, -0.1) is 0 Å². The third-order valence-corrected chi connectivity index (χ3v) is 4.98. The van der Waals surface area contributed by atoms with Crippen LogP contribution in [0.5, 0.6) is 11.5 Å². The fourth-order valence-corrected chi connectivity index (χ4v) is 3.54. The summed E-state index contributed by atoms with van der Waals surface area (Å²) in [5, 5.41) is 14.8. The topological polar surface area (TPSA) is 112 Å². The van der Waals surface area contributed by atoms with Crippen molar-refractivity contribution in [2.45, 2.75) is 18.7 Å². The first kappa shape index (κ1) is 18.7. The number of sulfonamides is 1. The number of aromatic nitrogens is 1. The maximum absolute atomic E-state index is 12.2. The maximum atomic E-state index is 12.2. The molecule has 0 spiro atoms. The van der Waals surface area contributed by atoms with E-state index in [0.29, 0.717) is 5.75 Å². The molecule has 1 aromatic heterocycles. The Kier molecular flexibility index (Phi) is 4.77. The van der Waals surface area contributed by atoms with E-state index in [2.05, 4.69) is 0 Å². The van der Waals surface area contributed by atoms with E-state index in [1.807, 2.05) is 26.0 Å². The lowest BCUT2D eigenvalue weighted by Crippen LogP contribution is -2.16. The van der Waals surface area contributed by atoms with Crippen LogP contribution in [0, 0.1) is 13.8 Å². The molecule has 3 rings (SSSR count). The Morgan fingerprint density at radius 1 is 1.04 bits per heavy atom. The van der Waals surface area contributed by atoms with Crippen molar-refractivity contribution in [3.8, 4) is 17.2 Å². The van der Waals surface area contributed by atoms with Gasteiger partial charge < -0.3 is 14.4 Å². The molecule has 7 nitrogen and oxygen atoms in total. The van der Waals surface area contributed by atoms with Crippen molar-refractivity contribution in [3.05, 3.63) is 71.5 Å². The summed E-state index contributed by atoms with van der Waals surface area (Å²) in [6, 6.07) is 14.7. The van der Waals surface area contributed by atoms with E-state index >= 15 is 0 Å². The van der Waals surface area contributed by atoms with E-state index in [-0.39, 0.29) is 17.0 Å². The molecule has 0 aliphatic rings. The van der Waals surface area contributed by atoms with E-state index in [1.165, 1.54) is 6.07 Å². The van der Waals surface area contributed by atoms with Crippen molar-refractivity contribution in [3.63, 3.8) is 0 Å². The molecule has 0 fully saturated rings. The molecular formula is C19H18N2O5S. The fraction of sp³-hybridized carbons (Fsp3) is 0.105. The van der Waals surface area contributed by atoms with E-state index in [4.69, 9.17) is 9.88 Å². The van der Waals surface area contributed by atoms with Crippen molar-refractivity contribution in [2.24, 2.45) is 5.14 Å². The molecule has 140 valence electrons. The lowest BCUT2D eigenvalue weighted by Gasteiger charge is -2.19. The number of benzene rings is 2. The largest absolute Gasteiger partial charge is 0.478 e. The molecule has 0 aliphatic heterocycles. The summed E-state index contributed by atoms with van der Waals surface area (Å²) in [6.45, 7) is 3.65. The Hall–Kier alpha value is -3.10. The first-order valence-corrected chi connectivity index (χ1v) is 9.55. The van der Waals surface area contributed by atoms with Gasteiger partial charge in [-0.05, 0) is 50.2 Å².